The second kappa shape index (κ2) is 6.28. The Balaban J connectivity index is 2.34. The number of nitrogens with zero attached hydrogens (tertiary/aromatic N) is 2. The van der Waals surface area contributed by atoms with Gasteiger partial charge in [0.05, 0.1) is 22.7 Å². The van der Waals surface area contributed by atoms with E-state index in [1.807, 2.05) is 0 Å². The second-order valence-electron chi connectivity index (χ2n) is 4.55. The van der Waals surface area contributed by atoms with Crippen molar-refractivity contribution in [3.05, 3.63) is 23.0 Å². The van der Waals surface area contributed by atoms with Crippen molar-refractivity contribution < 1.29 is 13.9 Å². The maximum absolute atomic E-state index is 13.4. The Labute approximate surface area is 126 Å². The number of fused-ring (bicyclic) bond motifs is 1. The van der Waals surface area contributed by atoms with Crippen LogP contribution < -0.4 is 11.1 Å². The fourth-order valence-corrected chi connectivity index (χ4v) is 2.22. The number of benzene rings is 1. The van der Waals surface area contributed by atoms with E-state index in [0.717, 1.165) is 0 Å². The Hall–Kier alpha value is -1.86. The number of nitrogens with one attached hydrogen (secondary N) is 1. The van der Waals surface area contributed by atoms with Crippen LogP contribution in [0.15, 0.2) is 12.1 Å². The highest BCUT2D eigenvalue weighted by Gasteiger charge is 2.21. The first-order valence-electron chi connectivity index (χ1n) is 6.34. The van der Waals surface area contributed by atoms with Crippen molar-refractivity contribution in [3.63, 3.8) is 0 Å². The average Bonchev–Trinajstić information content (AvgIpc) is 2.74. The number of hydrogen-bond acceptors (Lipinski definition) is 4. The van der Waals surface area contributed by atoms with Crippen LogP contribution >= 0.6 is 11.6 Å². The summed E-state index contributed by atoms with van der Waals surface area (Å²) in [4.78, 5) is 16.1. The number of hydrogen-bond donors (Lipinski definition) is 2. The number of rotatable bonds is 5. The number of halogens is 2. The Morgan fingerprint density at radius 3 is 3.00 bits per heavy atom. The largest absolute Gasteiger partial charge is 0.383 e. The summed E-state index contributed by atoms with van der Waals surface area (Å²) in [5.74, 6) is -0.689. The summed E-state index contributed by atoms with van der Waals surface area (Å²) in [7, 11) is 1.55. The van der Waals surface area contributed by atoms with E-state index in [-0.39, 0.29) is 16.9 Å². The Bertz CT molecular complexity index is 674. The molecule has 1 heterocycles. The van der Waals surface area contributed by atoms with Crippen molar-refractivity contribution in [3.8, 4) is 0 Å². The molecule has 6 nitrogen and oxygen atoms in total. The molecule has 0 aliphatic carbocycles. The van der Waals surface area contributed by atoms with Gasteiger partial charge in [-0.3, -0.25) is 9.36 Å². The molecule has 1 atom stereocenters. The van der Waals surface area contributed by atoms with E-state index in [2.05, 4.69) is 10.3 Å². The standard InChI is InChI=1S/C13H16ClFN4O2/c1-7(12(20)17-3-4-21-2)19-11-5-8(14)9(15)6-10(11)18-13(19)16/h5-7H,3-4H2,1-2H3,(H2,16,18)(H,17,20). The van der Waals surface area contributed by atoms with Gasteiger partial charge in [0, 0.05) is 19.7 Å². The van der Waals surface area contributed by atoms with Crippen LogP contribution in [0.25, 0.3) is 11.0 Å². The lowest BCUT2D eigenvalue weighted by Crippen LogP contribution is -2.33. The van der Waals surface area contributed by atoms with Crippen molar-refractivity contribution >= 4 is 34.5 Å². The first kappa shape index (κ1) is 15.5. The van der Waals surface area contributed by atoms with Gasteiger partial charge in [0.25, 0.3) is 0 Å². The zero-order chi connectivity index (χ0) is 15.6. The van der Waals surface area contributed by atoms with Crippen molar-refractivity contribution in [1.29, 1.82) is 0 Å². The maximum Gasteiger partial charge on any atom is 0.242 e. The predicted octanol–water partition coefficient (Wildman–Crippen LogP) is 1.73. The van der Waals surface area contributed by atoms with Gasteiger partial charge >= 0.3 is 0 Å². The summed E-state index contributed by atoms with van der Waals surface area (Å²) >= 11 is 5.78. The van der Waals surface area contributed by atoms with E-state index < -0.39 is 11.9 Å². The summed E-state index contributed by atoms with van der Waals surface area (Å²) in [5, 5.41) is 2.67. The van der Waals surface area contributed by atoms with Crippen molar-refractivity contribution in [2.45, 2.75) is 13.0 Å². The number of imidazole rings is 1. The first-order chi connectivity index (χ1) is 9.95. The van der Waals surface area contributed by atoms with Crippen molar-refractivity contribution in [2.75, 3.05) is 26.0 Å². The van der Waals surface area contributed by atoms with Crippen molar-refractivity contribution in [2.24, 2.45) is 0 Å². The lowest BCUT2D eigenvalue weighted by atomic mass is 10.2. The van der Waals surface area contributed by atoms with Gasteiger partial charge in [0.15, 0.2) is 0 Å². The highest BCUT2D eigenvalue weighted by molar-refractivity contribution is 6.31. The van der Waals surface area contributed by atoms with Gasteiger partial charge in [-0.1, -0.05) is 11.6 Å². The van der Waals surface area contributed by atoms with Crippen LogP contribution in [0, 0.1) is 5.82 Å². The van der Waals surface area contributed by atoms with E-state index >= 15 is 0 Å². The molecule has 1 aromatic carbocycles. The number of carbonyl (C=O) groups is 1. The van der Waals surface area contributed by atoms with E-state index in [1.54, 1.807) is 14.0 Å². The normalized spacial score (nSPS) is 12.6. The number of aromatic nitrogens is 2. The third kappa shape index (κ3) is 3.08. The number of amides is 1. The van der Waals surface area contributed by atoms with Gasteiger partial charge in [-0.15, -0.1) is 0 Å². The molecule has 114 valence electrons. The van der Waals surface area contributed by atoms with Gasteiger partial charge in [0.2, 0.25) is 11.9 Å². The molecule has 0 aliphatic rings. The van der Waals surface area contributed by atoms with E-state index in [1.165, 1.54) is 16.7 Å². The van der Waals surface area contributed by atoms with Gasteiger partial charge < -0.3 is 15.8 Å². The Morgan fingerprint density at radius 1 is 1.62 bits per heavy atom. The molecule has 0 saturated heterocycles. The fraction of sp³-hybridized carbons (Fsp3) is 0.385. The fourth-order valence-electron chi connectivity index (χ4n) is 2.06. The van der Waals surface area contributed by atoms with Crippen LogP contribution in [0.5, 0.6) is 0 Å². The van der Waals surface area contributed by atoms with E-state index in [0.29, 0.717) is 24.2 Å². The Morgan fingerprint density at radius 2 is 2.33 bits per heavy atom. The zero-order valence-electron chi connectivity index (χ0n) is 11.7. The zero-order valence-corrected chi connectivity index (χ0v) is 12.4. The number of carbonyl (C=O) groups excluding carboxylic acids is 1. The van der Waals surface area contributed by atoms with Crippen LogP contribution in [0.1, 0.15) is 13.0 Å². The summed E-state index contributed by atoms with van der Waals surface area (Å²) in [5.41, 5.74) is 6.69. The number of anilines is 1. The van der Waals surface area contributed by atoms with Gasteiger partial charge in [-0.25, -0.2) is 9.37 Å². The smallest absolute Gasteiger partial charge is 0.242 e. The van der Waals surface area contributed by atoms with Crippen LogP contribution in [0.2, 0.25) is 5.02 Å². The molecule has 2 rings (SSSR count). The molecular formula is C13H16ClFN4O2. The minimum absolute atomic E-state index is 0.0457. The lowest BCUT2D eigenvalue weighted by molar-refractivity contribution is -0.123. The molecule has 1 unspecified atom stereocenters. The minimum atomic E-state index is -0.603. The molecule has 0 saturated carbocycles. The summed E-state index contributed by atoms with van der Waals surface area (Å²) in [6.07, 6.45) is 0. The SMILES string of the molecule is COCCNC(=O)C(C)n1c(N)nc2cc(F)c(Cl)cc21. The molecular weight excluding hydrogens is 299 g/mol. The number of ether oxygens (including phenoxy) is 1. The highest BCUT2D eigenvalue weighted by Crippen LogP contribution is 2.27. The summed E-state index contributed by atoms with van der Waals surface area (Å²) in [6, 6.07) is 2.00. The van der Waals surface area contributed by atoms with E-state index in [4.69, 9.17) is 22.1 Å². The molecule has 21 heavy (non-hydrogen) atoms. The summed E-state index contributed by atoms with van der Waals surface area (Å²) in [6.45, 7) is 2.48. The van der Waals surface area contributed by atoms with Gasteiger partial charge in [0.1, 0.15) is 11.9 Å². The third-order valence-corrected chi connectivity index (χ3v) is 3.42. The quantitative estimate of drug-likeness (QED) is 0.824. The molecule has 3 N–H and O–H groups in total. The van der Waals surface area contributed by atoms with E-state index in [9.17, 15) is 9.18 Å². The topological polar surface area (TPSA) is 82.2 Å². The van der Waals surface area contributed by atoms with Gasteiger partial charge in [-0.05, 0) is 13.0 Å². The van der Waals surface area contributed by atoms with Crippen LogP contribution in [0.4, 0.5) is 10.3 Å². The molecule has 0 aliphatic heterocycles. The van der Waals surface area contributed by atoms with Crippen LogP contribution in [-0.2, 0) is 9.53 Å². The lowest BCUT2D eigenvalue weighted by Gasteiger charge is -2.16. The third-order valence-electron chi connectivity index (χ3n) is 3.13. The minimum Gasteiger partial charge on any atom is -0.383 e. The molecule has 8 heteroatoms. The number of nitrogen functional groups attached to an aromatic ring is 1. The first-order valence-corrected chi connectivity index (χ1v) is 6.72. The molecule has 0 spiro atoms. The Kier molecular flexibility index (Phi) is 4.64. The number of nitrogens with two attached hydrogens (primary N) is 1. The molecule has 0 radical (unpaired) electrons. The molecule has 1 aromatic heterocycles. The average molecular weight is 315 g/mol. The van der Waals surface area contributed by atoms with Gasteiger partial charge in [-0.2, -0.15) is 0 Å². The second-order valence-corrected chi connectivity index (χ2v) is 4.96. The van der Waals surface area contributed by atoms with Crippen LogP contribution in [0.3, 0.4) is 0 Å². The molecule has 0 bridgehead atoms. The predicted molar refractivity (Wildman–Crippen MR) is 78.7 cm³/mol. The summed E-state index contributed by atoms with van der Waals surface area (Å²) < 4.78 is 19.8. The molecule has 1 amide bonds. The molecule has 0 fully saturated rings. The highest BCUT2D eigenvalue weighted by atomic mass is 35.5. The monoisotopic (exact) mass is 314 g/mol. The molecule has 2 aromatic rings. The van der Waals surface area contributed by atoms with Crippen LogP contribution in [-0.4, -0.2) is 35.7 Å². The van der Waals surface area contributed by atoms with Crippen molar-refractivity contribution in [1.82, 2.24) is 14.9 Å². The maximum atomic E-state index is 13.4. The number of methoxy groups -OCH3 is 1.